The van der Waals surface area contributed by atoms with Gasteiger partial charge < -0.3 is 20.1 Å². The third kappa shape index (κ3) is 29.0. The predicted octanol–water partition coefficient (Wildman–Crippen LogP) is 6.81. The molecular formula is C32H52NO8P. The van der Waals surface area contributed by atoms with Crippen molar-refractivity contribution >= 4 is 19.7 Å². The number of aliphatic hydroxyl groups is 1. The number of rotatable bonds is 26. The fourth-order valence-electron chi connectivity index (χ4n) is 3.14. The van der Waals surface area contributed by atoms with Gasteiger partial charge in [0.2, 0.25) is 5.91 Å². The van der Waals surface area contributed by atoms with E-state index in [0.717, 1.165) is 44.9 Å². The molecule has 0 rings (SSSR count). The van der Waals surface area contributed by atoms with Gasteiger partial charge in [0.25, 0.3) is 0 Å². The first-order valence-electron chi connectivity index (χ1n) is 14.9. The summed E-state index contributed by atoms with van der Waals surface area (Å²) in [5.41, 5.74) is 0. The molecule has 0 aliphatic carbocycles. The van der Waals surface area contributed by atoms with Crippen LogP contribution in [0.25, 0.3) is 0 Å². The zero-order valence-corrected chi connectivity index (χ0v) is 26.3. The molecule has 2 unspecified atom stereocenters. The van der Waals surface area contributed by atoms with Crippen molar-refractivity contribution < 1.29 is 37.9 Å². The number of esters is 1. The average Bonchev–Trinajstić information content (AvgIpc) is 2.97. The quantitative estimate of drug-likeness (QED) is 0.0422. The number of unbranched alkanes of at least 4 members (excludes halogenated alkanes) is 1. The number of hydrogen-bond acceptors (Lipinski definition) is 7. The molecule has 238 valence electrons. The number of phosphoric ester groups is 1. The maximum atomic E-state index is 11.9. The van der Waals surface area contributed by atoms with Crippen LogP contribution in [0.15, 0.2) is 72.9 Å². The molecule has 0 fully saturated rings. The molecule has 42 heavy (non-hydrogen) atoms. The van der Waals surface area contributed by atoms with Crippen LogP contribution in [0.2, 0.25) is 0 Å². The summed E-state index contributed by atoms with van der Waals surface area (Å²) in [4.78, 5) is 33.0. The second-order valence-corrected chi connectivity index (χ2v) is 10.8. The first-order valence-corrected chi connectivity index (χ1v) is 16.4. The van der Waals surface area contributed by atoms with Crippen molar-refractivity contribution in [2.75, 3.05) is 26.4 Å². The average molecular weight is 610 g/mol. The van der Waals surface area contributed by atoms with Crippen molar-refractivity contribution in [2.24, 2.45) is 0 Å². The van der Waals surface area contributed by atoms with Crippen LogP contribution in [0, 0.1) is 0 Å². The fraction of sp³-hybridized carbons (Fsp3) is 0.562. The van der Waals surface area contributed by atoms with Crippen LogP contribution in [0.5, 0.6) is 0 Å². The lowest BCUT2D eigenvalue weighted by molar-refractivity contribution is -0.147. The summed E-state index contributed by atoms with van der Waals surface area (Å²) in [6.07, 6.45) is 32.6. The summed E-state index contributed by atoms with van der Waals surface area (Å²) < 4.78 is 26.2. The molecule has 0 aliphatic heterocycles. The van der Waals surface area contributed by atoms with Crippen LogP contribution < -0.4 is 5.32 Å². The van der Waals surface area contributed by atoms with Gasteiger partial charge in [-0.15, -0.1) is 0 Å². The summed E-state index contributed by atoms with van der Waals surface area (Å²) in [5, 5.41) is 12.3. The molecule has 0 saturated heterocycles. The van der Waals surface area contributed by atoms with Gasteiger partial charge in [0.15, 0.2) is 0 Å². The normalized spacial score (nSPS) is 14.7. The molecule has 0 aromatic carbocycles. The lowest BCUT2D eigenvalue weighted by Crippen LogP contribution is -2.27. The Morgan fingerprint density at radius 1 is 0.762 bits per heavy atom. The second kappa shape index (κ2) is 28.6. The molecule has 0 aromatic heterocycles. The lowest BCUT2D eigenvalue weighted by Gasteiger charge is -2.15. The number of allylic oxidation sites excluding steroid dienone is 12. The maximum Gasteiger partial charge on any atom is 0.472 e. The predicted molar refractivity (Wildman–Crippen MR) is 169 cm³/mol. The number of ether oxygens (including phenoxy) is 1. The first kappa shape index (κ1) is 39.5. The van der Waals surface area contributed by atoms with Crippen LogP contribution in [0.4, 0.5) is 0 Å². The minimum absolute atomic E-state index is 0.0358. The Balaban J connectivity index is 3.78. The standard InChI is InChI=1S/C32H52NO8P/c1-3-5-7-8-9-10-11-12-13-14-15-16-17-18-19-20-21-22-23-24-31(35)33-26-27-40-42(37,38)41-29-30(34)28-39-32(36)25-6-4-2/h5,7,9-10,12-13,15-16,18-19,21-22,30,34H,3-4,6,8,11,14,17,20,23-29H2,1-2H3,(H,33,35)(H,37,38)/b7-5-,10-9-,13-12-,16-15-,19-18-,22-21-. The molecule has 2 atom stereocenters. The smallest absolute Gasteiger partial charge is 0.463 e. The van der Waals surface area contributed by atoms with E-state index in [1.54, 1.807) is 0 Å². The van der Waals surface area contributed by atoms with Crippen LogP contribution in [0.1, 0.15) is 84.5 Å². The molecule has 0 aromatic rings. The van der Waals surface area contributed by atoms with E-state index in [0.29, 0.717) is 19.3 Å². The highest BCUT2D eigenvalue weighted by atomic mass is 31.2. The lowest BCUT2D eigenvalue weighted by atomic mass is 10.2. The van der Waals surface area contributed by atoms with Crippen molar-refractivity contribution in [1.82, 2.24) is 5.32 Å². The number of phosphoric acid groups is 1. The van der Waals surface area contributed by atoms with Gasteiger partial charge in [-0.2, -0.15) is 0 Å². The van der Waals surface area contributed by atoms with Gasteiger partial charge in [0.1, 0.15) is 12.7 Å². The monoisotopic (exact) mass is 609 g/mol. The number of hydrogen-bond donors (Lipinski definition) is 3. The highest BCUT2D eigenvalue weighted by Gasteiger charge is 2.23. The Morgan fingerprint density at radius 3 is 1.81 bits per heavy atom. The Morgan fingerprint density at radius 2 is 1.29 bits per heavy atom. The molecule has 9 nitrogen and oxygen atoms in total. The van der Waals surface area contributed by atoms with Crippen molar-refractivity contribution in [1.29, 1.82) is 0 Å². The minimum atomic E-state index is -4.41. The van der Waals surface area contributed by atoms with E-state index in [-0.39, 0.29) is 32.1 Å². The van der Waals surface area contributed by atoms with E-state index in [1.165, 1.54) is 0 Å². The molecule has 10 heteroatoms. The summed E-state index contributed by atoms with van der Waals surface area (Å²) in [6.45, 7) is 3.00. The largest absolute Gasteiger partial charge is 0.472 e. The highest BCUT2D eigenvalue weighted by Crippen LogP contribution is 2.42. The molecule has 3 N–H and O–H groups in total. The maximum absolute atomic E-state index is 11.9. The number of carbonyl (C=O) groups is 2. The Hall–Kier alpha value is -2.55. The van der Waals surface area contributed by atoms with Gasteiger partial charge in [0.05, 0.1) is 13.2 Å². The van der Waals surface area contributed by atoms with Crippen LogP contribution in [-0.2, 0) is 27.9 Å². The molecule has 0 heterocycles. The molecule has 0 radical (unpaired) electrons. The Kier molecular flexibility index (Phi) is 26.8. The summed E-state index contributed by atoms with van der Waals surface area (Å²) >= 11 is 0. The summed E-state index contributed by atoms with van der Waals surface area (Å²) in [7, 11) is -4.41. The van der Waals surface area contributed by atoms with E-state index in [9.17, 15) is 24.2 Å². The molecule has 0 bridgehead atoms. The zero-order valence-electron chi connectivity index (χ0n) is 25.4. The van der Waals surface area contributed by atoms with Gasteiger partial charge >= 0.3 is 13.8 Å². The van der Waals surface area contributed by atoms with Gasteiger partial charge in [-0.3, -0.25) is 18.6 Å². The van der Waals surface area contributed by atoms with Crippen LogP contribution >= 0.6 is 7.82 Å². The Bertz CT molecular complexity index is 923. The van der Waals surface area contributed by atoms with Gasteiger partial charge in [0, 0.05) is 19.4 Å². The number of aliphatic hydroxyl groups excluding tert-OH is 1. The minimum Gasteiger partial charge on any atom is -0.463 e. The summed E-state index contributed by atoms with van der Waals surface area (Å²) in [6, 6.07) is 0. The van der Waals surface area contributed by atoms with Crippen molar-refractivity contribution in [3.05, 3.63) is 72.9 Å². The third-order valence-electron chi connectivity index (χ3n) is 5.41. The van der Waals surface area contributed by atoms with E-state index < -0.39 is 26.5 Å². The van der Waals surface area contributed by atoms with Gasteiger partial charge in [-0.05, 0) is 51.4 Å². The van der Waals surface area contributed by atoms with Crippen LogP contribution in [0.3, 0.4) is 0 Å². The Labute approximate surface area is 252 Å². The van der Waals surface area contributed by atoms with Crippen molar-refractivity contribution in [2.45, 2.75) is 90.6 Å². The molecule has 0 aliphatic rings. The SMILES string of the molecule is CC/C=C\C/C=C\C/C=C\C/C=C\C/C=C\C/C=C\CCC(=O)NCCOP(=O)(O)OCC(O)COC(=O)CCCC. The van der Waals surface area contributed by atoms with E-state index in [4.69, 9.17) is 13.8 Å². The summed E-state index contributed by atoms with van der Waals surface area (Å²) in [5.74, 6) is -0.650. The number of nitrogens with one attached hydrogen (secondary N) is 1. The second-order valence-electron chi connectivity index (χ2n) is 9.34. The molecular weight excluding hydrogens is 557 g/mol. The number of carbonyl (C=O) groups excluding carboxylic acids is 2. The van der Waals surface area contributed by atoms with E-state index in [1.807, 2.05) is 19.1 Å². The van der Waals surface area contributed by atoms with Crippen molar-refractivity contribution in [3.8, 4) is 0 Å². The fourth-order valence-corrected chi connectivity index (χ4v) is 3.90. The molecule has 1 amide bonds. The van der Waals surface area contributed by atoms with Crippen molar-refractivity contribution in [3.63, 3.8) is 0 Å². The van der Waals surface area contributed by atoms with E-state index in [2.05, 4.69) is 73.0 Å². The zero-order chi connectivity index (χ0) is 31.2. The van der Waals surface area contributed by atoms with Gasteiger partial charge in [-0.1, -0.05) is 93.2 Å². The molecule has 0 saturated carbocycles. The number of amides is 1. The van der Waals surface area contributed by atoms with Gasteiger partial charge in [-0.25, -0.2) is 4.57 Å². The highest BCUT2D eigenvalue weighted by molar-refractivity contribution is 7.47. The third-order valence-corrected chi connectivity index (χ3v) is 6.40. The topological polar surface area (TPSA) is 131 Å². The first-order chi connectivity index (χ1) is 20.3. The van der Waals surface area contributed by atoms with E-state index >= 15 is 0 Å². The van der Waals surface area contributed by atoms with Crippen LogP contribution in [-0.4, -0.2) is 54.3 Å². The molecule has 0 spiro atoms.